The van der Waals surface area contributed by atoms with E-state index in [2.05, 4.69) is 50.1 Å². The Morgan fingerprint density at radius 1 is 0.906 bits per heavy atom. The van der Waals surface area contributed by atoms with Crippen LogP contribution in [0.2, 0.25) is 0 Å². The van der Waals surface area contributed by atoms with E-state index in [4.69, 9.17) is 0 Å². The fraction of sp³-hybridized carbons (Fsp3) is 0.417. The molecule has 0 atom stereocenters. The minimum atomic E-state index is -0.301. The van der Waals surface area contributed by atoms with Gasteiger partial charge in [0.25, 0.3) is 0 Å². The van der Waals surface area contributed by atoms with Gasteiger partial charge in [-0.15, -0.1) is 24.0 Å². The molecule has 1 fully saturated rings. The third-order valence-corrected chi connectivity index (χ3v) is 5.33. The number of carbonyl (C=O) groups is 1. The molecule has 0 aromatic heterocycles. The molecular formula is C24H33FIN5O. The number of halogens is 2. The molecule has 174 valence electrons. The van der Waals surface area contributed by atoms with Crippen LogP contribution in [-0.4, -0.2) is 50.0 Å². The predicted molar refractivity (Wildman–Crippen MR) is 138 cm³/mol. The van der Waals surface area contributed by atoms with E-state index in [1.54, 1.807) is 19.2 Å². The third kappa shape index (κ3) is 9.12. The number of hydrogen-bond donors (Lipinski definition) is 3. The second kappa shape index (κ2) is 14.1. The average molecular weight is 553 g/mol. The van der Waals surface area contributed by atoms with Crippen LogP contribution in [0.1, 0.15) is 29.5 Å². The number of likely N-dealkylation sites (tertiary alicyclic amines) is 1. The zero-order valence-corrected chi connectivity index (χ0v) is 20.9. The number of nitrogens with one attached hydrogen (secondary N) is 3. The quantitative estimate of drug-likeness (QED) is 0.193. The van der Waals surface area contributed by atoms with Crippen LogP contribution in [0.15, 0.2) is 53.5 Å². The Bertz CT molecular complexity index is 852. The Hall–Kier alpha value is -2.20. The molecule has 1 amide bonds. The summed E-state index contributed by atoms with van der Waals surface area (Å²) in [6.45, 7) is 5.16. The van der Waals surface area contributed by atoms with Crippen LogP contribution in [0, 0.1) is 5.82 Å². The first-order valence-corrected chi connectivity index (χ1v) is 10.9. The van der Waals surface area contributed by atoms with E-state index >= 15 is 0 Å². The Kier molecular flexibility index (Phi) is 11.4. The summed E-state index contributed by atoms with van der Waals surface area (Å²) in [5.74, 6) is 0.296. The summed E-state index contributed by atoms with van der Waals surface area (Å²) >= 11 is 0. The molecule has 8 heteroatoms. The molecule has 1 aliphatic heterocycles. The van der Waals surface area contributed by atoms with Crippen LogP contribution < -0.4 is 16.0 Å². The lowest BCUT2D eigenvalue weighted by molar-refractivity contribution is -0.120. The van der Waals surface area contributed by atoms with Gasteiger partial charge in [-0.3, -0.25) is 14.7 Å². The van der Waals surface area contributed by atoms with Gasteiger partial charge in [0.1, 0.15) is 5.82 Å². The number of guanidine groups is 1. The zero-order chi connectivity index (χ0) is 21.9. The van der Waals surface area contributed by atoms with Crippen molar-refractivity contribution in [3.8, 4) is 0 Å². The van der Waals surface area contributed by atoms with Gasteiger partial charge in [-0.05, 0) is 54.8 Å². The number of nitrogens with zero attached hydrogens (tertiary/aromatic N) is 2. The van der Waals surface area contributed by atoms with Crippen molar-refractivity contribution in [1.29, 1.82) is 0 Å². The Labute approximate surface area is 207 Å². The van der Waals surface area contributed by atoms with Gasteiger partial charge < -0.3 is 16.0 Å². The van der Waals surface area contributed by atoms with Gasteiger partial charge >= 0.3 is 0 Å². The molecule has 0 bridgehead atoms. The average Bonchev–Trinajstić information content (AvgIpc) is 3.29. The summed E-state index contributed by atoms with van der Waals surface area (Å²) in [6, 6.07) is 14.7. The third-order valence-electron chi connectivity index (χ3n) is 5.33. The number of aliphatic imine (C=N–C) groups is 1. The first-order chi connectivity index (χ1) is 15.1. The predicted octanol–water partition coefficient (Wildman–Crippen LogP) is 3.06. The van der Waals surface area contributed by atoms with Gasteiger partial charge in [-0.25, -0.2) is 4.39 Å². The molecule has 2 aromatic carbocycles. The lowest BCUT2D eigenvalue weighted by Crippen LogP contribution is -2.41. The standard InChI is InChI=1S/C24H32FN5O.HI/c1-26-24(28-13-12-27-23(31)16-19-8-10-22(25)11-9-19)29-17-20-4-6-21(7-5-20)18-30-14-2-3-15-30;/h4-11H,2-3,12-18H2,1H3,(H,27,31)(H2,26,28,29);1H. The summed E-state index contributed by atoms with van der Waals surface area (Å²) in [6.07, 6.45) is 2.86. The van der Waals surface area contributed by atoms with E-state index in [1.165, 1.54) is 49.2 Å². The van der Waals surface area contributed by atoms with E-state index in [0.717, 1.165) is 12.1 Å². The lowest BCUT2D eigenvalue weighted by atomic mass is 10.1. The normalized spacial score (nSPS) is 14.0. The highest BCUT2D eigenvalue weighted by atomic mass is 127. The van der Waals surface area contributed by atoms with Crippen molar-refractivity contribution in [1.82, 2.24) is 20.9 Å². The van der Waals surface area contributed by atoms with Gasteiger partial charge in [0.05, 0.1) is 6.42 Å². The monoisotopic (exact) mass is 553 g/mol. The highest BCUT2D eigenvalue weighted by molar-refractivity contribution is 14.0. The van der Waals surface area contributed by atoms with Crippen molar-refractivity contribution in [3.05, 3.63) is 71.0 Å². The molecule has 0 radical (unpaired) electrons. The van der Waals surface area contributed by atoms with Gasteiger partial charge in [-0.1, -0.05) is 36.4 Å². The van der Waals surface area contributed by atoms with Gasteiger partial charge in [0.15, 0.2) is 5.96 Å². The summed E-state index contributed by atoms with van der Waals surface area (Å²) in [5.41, 5.74) is 3.33. The highest BCUT2D eigenvalue weighted by Crippen LogP contribution is 2.13. The molecule has 1 aliphatic rings. The number of benzene rings is 2. The maximum absolute atomic E-state index is 12.9. The molecule has 3 N–H and O–H groups in total. The summed E-state index contributed by atoms with van der Waals surface area (Å²) in [4.78, 5) is 18.7. The molecule has 0 saturated carbocycles. The van der Waals surface area contributed by atoms with Crippen molar-refractivity contribution in [2.75, 3.05) is 33.2 Å². The van der Waals surface area contributed by atoms with Crippen LogP contribution >= 0.6 is 24.0 Å². The summed E-state index contributed by atoms with van der Waals surface area (Å²) < 4.78 is 12.9. The van der Waals surface area contributed by atoms with Crippen LogP contribution in [0.4, 0.5) is 4.39 Å². The summed E-state index contributed by atoms with van der Waals surface area (Å²) in [5, 5.41) is 9.34. The van der Waals surface area contributed by atoms with Crippen LogP contribution in [-0.2, 0) is 24.3 Å². The van der Waals surface area contributed by atoms with Crippen molar-refractivity contribution >= 4 is 35.8 Å². The molecule has 0 aliphatic carbocycles. The molecule has 32 heavy (non-hydrogen) atoms. The first kappa shape index (κ1) is 26.1. The SMILES string of the molecule is CN=C(NCCNC(=O)Cc1ccc(F)cc1)NCc1ccc(CN2CCCC2)cc1.I. The molecule has 0 spiro atoms. The number of hydrogen-bond acceptors (Lipinski definition) is 3. The molecule has 3 rings (SSSR count). The molecule has 0 unspecified atom stereocenters. The maximum atomic E-state index is 12.9. The molecule has 1 heterocycles. The maximum Gasteiger partial charge on any atom is 0.224 e. The largest absolute Gasteiger partial charge is 0.355 e. The van der Waals surface area contributed by atoms with Gasteiger partial charge in [0, 0.05) is 33.2 Å². The van der Waals surface area contributed by atoms with Crippen molar-refractivity contribution < 1.29 is 9.18 Å². The fourth-order valence-electron chi connectivity index (χ4n) is 3.60. The Balaban J connectivity index is 0.00000363. The summed E-state index contributed by atoms with van der Waals surface area (Å²) in [7, 11) is 1.72. The molecular weight excluding hydrogens is 520 g/mol. The number of amides is 1. The lowest BCUT2D eigenvalue weighted by Gasteiger charge is -2.15. The fourth-order valence-corrected chi connectivity index (χ4v) is 3.60. The zero-order valence-electron chi connectivity index (χ0n) is 18.6. The molecule has 2 aromatic rings. The second-order valence-corrected chi connectivity index (χ2v) is 7.81. The van der Waals surface area contributed by atoms with Crippen molar-refractivity contribution in [2.24, 2.45) is 4.99 Å². The minimum Gasteiger partial charge on any atom is -0.355 e. The first-order valence-electron chi connectivity index (χ1n) is 10.9. The van der Waals surface area contributed by atoms with Gasteiger partial charge in [0.2, 0.25) is 5.91 Å². The topological polar surface area (TPSA) is 68.8 Å². The van der Waals surface area contributed by atoms with E-state index in [1.807, 2.05) is 0 Å². The van der Waals surface area contributed by atoms with E-state index < -0.39 is 0 Å². The van der Waals surface area contributed by atoms with Crippen LogP contribution in [0.5, 0.6) is 0 Å². The van der Waals surface area contributed by atoms with Crippen molar-refractivity contribution in [2.45, 2.75) is 32.4 Å². The highest BCUT2D eigenvalue weighted by Gasteiger charge is 2.11. The smallest absolute Gasteiger partial charge is 0.224 e. The van der Waals surface area contributed by atoms with Crippen LogP contribution in [0.25, 0.3) is 0 Å². The Morgan fingerprint density at radius 3 is 2.16 bits per heavy atom. The number of rotatable bonds is 9. The second-order valence-electron chi connectivity index (χ2n) is 7.81. The van der Waals surface area contributed by atoms with E-state index in [0.29, 0.717) is 25.6 Å². The van der Waals surface area contributed by atoms with Crippen molar-refractivity contribution in [3.63, 3.8) is 0 Å². The van der Waals surface area contributed by atoms with Crippen LogP contribution in [0.3, 0.4) is 0 Å². The van der Waals surface area contributed by atoms with Gasteiger partial charge in [-0.2, -0.15) is 0 Å². The molecule has 6 nitrogen and oxygen atoms in total. The Morgan fingerprint density at radius 2 is 1.50 bits per heavy atom. The minimum absolute atomic E-state index is 0. The van der Waals surface area contributed by atoms with E-state index in [9.17, 15) is 9.18 Å². The van der Waals surface area contributed by atoms with E-state index in [-0.39, 0.29) is 42.1 Å². The number of carbonyl (C=O) groups excluding carboxylic acids is 1. The molecule has 1 saturated heterocycles.